The molecule has 0 unspecified atom stereocenters. The molecular formula is C19H24ClNO2. The van der Waals surface area contributed by atoms with Crippen molar-refractivity contribution < 1.29 is 9.47 Å². The number of para-hydroxylation sites is 1. The van der Waals surface area contributed by atoms with E-state index >= 15 is 0 Å². The Hall–Kier alpha value is -1.71. The molecule has 0 fully saturated rings. The zero-order chi connectivity index (χ0) is 16.7. The quantitative estimate of drug-likeness (QED) is 0.751. The Morgan fingerprint density at radius 2 is 1.87 bits per heavy atom. The summed E-state index contributed by atoms with van der Waals surface area (Å²) in [6.07, 6.45) is 1.09. The molecule has 0 aliphatic heterocycles. The van der Waals surface area contributed by atoms with Crippen molar-refractivity contribution >= 4 is 11.6 Å². The molecule has 0 aliphatic rings. The number of nitrogens with one attached hydrogen (secondary N) is 1. The first-order valence-corrected chi connectivity index (χ1v) is 8.28. The van der Waals surface area contributed by atoms with Crippen LogP contribution >= 0.6 is 11.6 Å². The molecule has 124 valence electrons. The monoisotopic (exact) mass is 333 g/mol. The molecule has 2 aromatic rings. The topological polar surface area (TPSA) is 30.5 Å². The van der Waals surface area contributed by atoms with Crippen molar-refractivity contribution in [2.45, 2.75) is 39.5 Å². The van der Waals surface area contributed by atoms with Crippen molar-refractivity contribution in [3.63, 3.8) is 0 Å². The van der Waals surface area contributed by atoms with Crippen LogP contribution in [0.3, 0.4) is 0 Å². The summed E-state index contributed by atoms with van der Waals surface area (Å²) in [5.41, 5.74) is 2.17. The highest BCUT2D eigenvalue weighted by Crippen LogP contribution is 2.32. The molecule has 0 bridgehead atoms. The largest absolute Gasteiger partial charge is 0.493 e. The highest BCUT2D eigenvalue weighted by molar-refractivity contribution is 6.30. The average molecular weight is 334 g/mol. The van der Waals surface area contributed by atoms with Crippen molar-refractivity contribution in [1.82, 2.24) is 5.32 Å². The SMILES string of the molecule is CC[C@@H](C)NCc1cccc(OC)c1OCc1ccc(Cl)cc1. The lowest BCUT2D eigenvalue weighted by Gasteiger charge is -2.17. The van der Waals surface area contributed by atoms with Crippen LogP contribution in [0.1, 0.15) is 31.4 Å². The van der Waals surface area contributed by atoms with Gasteiger partial charge in [0.1, 0.15) is 6.61 Å². The van der Waals surface area contributed by atoms with Crippen LogP contribution in [0.15, 0.2) is 42.5 Å². The van der Waals surface area contributed by atoms with E-state index in [0.29, 0.717) is 12.6 Å². The van der Waals surface area contributed by atoms with E-state index in [1.54, 1.807) is 7.11 Å². The summed E-state index contributed by atoms with van der Waals surface area (Å²) < 4.78 is 11.5. The maximum absolute atomic E-state index is 6.04. The Bertz CT molecular complexity index is 613. The van der Waals surface area contributed by atoms with E-state index in [2.05, 4.69) is 25.2 Å². The van der Waals surface area contributed by atoms with Crippen LogP contribution in [0.2, 0.25) is 5.02 Å². The third-order valence-corrected chi connectivity index (χ3v) is 4.08. The zero-order valence-corrected chi connectivity index (χ0v) is 14.7. The summed E-state index contributed by atoms with van der Waals surface area (Å²) in [6, 6.07) is 14.1. The van der Waals surface area contributed by atoms with E-state index in [9.17, 15) is 0 Å². The molecule has 0 heterocycles. The van der Waals surface area contributed by atoms with Gasteiger partial charge in [-0.1, -0.05) is 42.8 Å². The van der Waals surface area contributed by atoms with E-state index in [-0.39, 0.29) is 0 Å². The molecule has 0 aliphatic carbocycles. The predicted octanol–water partition coefficient (Wildman–Crippen LogP) is 4.82. The van der Waals surface area contributed by atoms with Gasteiger partial charge in [0.05, 0.1) is 7.11 Å². The van der Waals surface area contributed by atoms with Gasteiger partial charge in [-0.05, 0) is 37.1 Å². The number of rotatable bonds is 8. The number of benzene rings is 2. The van der Waals surface area contributed by atoms with Crippen LogP contribution in [-0.4, -0.2) is 13.2 Å². The molecule has 0 radical (unpaired) electrons. The summed E-state index contributed by atoms with van der Waals surface area (Å²) >= 11 is 5.92. The number of methoxy groups -OCH3 is 1. The Morgan fingerprint density at radius 3 is 2.52 bits per heavy atom. The molecule has 0 spiro atoms. The third-order valence-electron chi connectivity index (χ3n) is 3.83. The fourth-order valence-electron chi connectivity index (χ4n) is 2.19. The fraction of sp³-hybridized carbons (Fsp3) is 0.368. The second-order valence-corrected chi connectivity index (χ2v) is 5.99. The van der Waals surface area contributed by atoms with Crippen molar-refractivity contribution in [3.05, 3.63) is 58.6 Å². The van der Waals surface area contributed by atoms with Crippen molar-refractivity contribution in [3.8, 4) is 11.5 Å². The first-order chi connectivity index (χ1) is 11.1. The summed E-state index contributed by atoms with van der Waals surface area (Å²) in [5, 5.41) is 4.22. The first kappa shape index (κ1) is 17.6. The molecule has 1 atom stereocenters. The Morgan fingerprint density at radius 1 is 1.13 bits per heavy atom. The molecule has 4 heteroatoms. The Labute approximate surface area is 143 Å². The fourth-order valence-corrected chi connectivity index (χ4v) is 2.32. The molecular weight excluding hydrogens is 310 g/mol. The minimum Gasteiger partial charge on any atom is -0.493 e. The van der Waals surface area contributed by atoms with Gasteiger partial charge in [-0.25, -0.2) is 0 Å². The molecule has 1 N–H and O–H groups in total. The first-order valence-electron chi connectivity index (χ1n) is 7.90. The van der Waals surface area contributed by atoms with Crippen LogP contribution in [0, 0.1) is 0 Å². The standard InChI is InChI=1S/C19H24ClNO2/c1-4-14(2)21-12-16-6-5-7-18(22-3)19(16)23-13-15-8-10-17(20)11-9-15/h5-11,14,21H,4,12-13H2,1-3H3/t14-/m1/s1. The smallest absolute Gasteiger partial charge is 0.166 e. The summed E-state index contributed by atoms with van der Waals surface area (Å²) in [7, 11) is 1.66. The minimum atomic E-state index is 0.463. The maximum Gasteiger partial charge on any atom is 0.166 e. The van der Waals surface area contributed by atoms with Crippen molar-refractivity contribution in [2.75, 3.05) is 7.11 Å². The second kappa shape index (κ2) is 8.80. The highest BCUT2D eigenvalue weighted by Gasteiger charge is 2.11. The molecule has 2 rings (SSSR count). The van der Waals surface area contributed by atoms with Gasteiger partial charge in [0.25, 0.3) is 0 Å². The van der Waals surface area contributed by atoms with Gasteiger partial charge in [-0.2, -0.15) is 0 Å². The van der Waals surface area contributed by atoms with Crippen LogP contribution < -0.4 is 14.8 Å². The number of hydrogen-bond donors (Lipinski definition) is 1. The Kier molecular flexibility index (Phi) is 6.75. The van der Waals surface area contributed by atoms with E-state index in [4.69, 9.17) is 21.1 Å². The highest BCUT2D eigenvalue weighted by atomic mass is 35.5. The summed E-state index contributed by atoms with van der Waals surface area (Å²) in [5.74, 6) is 1.54. The number of hydrogen-bond acceptors (Lipinski definition) is 3. The van der Waals surface area contributed by atoms with Gasteiger partial charge in [0.15, 0.2) is 11.5 Å². The van der Waals surface area contributed by atoms with E-state index in [0.717, 1.165) is 40.6 Å². The van der Waals surface area contributed by atoms with Gasteiger partial charge >= 0.3 is 0 Å². The maximum atomic E-state index is 6.04. The van der Waals surface area contributed by atoms with Crippen LogP contribution in [0.25, 0.3) is 0 Å². The van der Waals surface area contributed by atoms with Crippen LogP contribution in [-0.2, 0) is 13.2 Å². The van der Waals surface area contributed by atoms with E-state index < -0.39 is 0 Å². The van der Waals surface area contributed by atoms with Crippen molar-refractivity contribution in [2.24, 2.45) is 0 Å². The van der Waals surface area contributed by atoms with E-state index in [1.807, 2.05) is 36.4 Å². The van der Waals surface area contributed by atoms with Crippen molar-refractivity contribution in [1.29, 1.82) is 0 Å². The lowest BCUT2D eigenvalue weighted by molar-refractivity contribution is 0.280. The average Bonchev–Trinajstić information content (AvgIpc) is 2.59. The molecule has 0 aromatic heterocycles. The third kappa shape index (κ3) is 5.15. The molecule has 3 nitrogen and oxygen atoms in total. The molecule has 23 heavy (non-hydrogen) atoms. The minimum absolute atomic E-state index is 0.463. The van der Waals surface area contributed by atoms with Gasteiger partial charge in [-0.15, -0.1) is 0 Å². The van der Waals surface area contributed by atoms with Crippen LogP contribution in [0.5, 0.6) is 11.5 Å². The van der Waals surface area contributed by atoms with Crippen LogP contribution in [0.4, 0.5) is 0 Å². The number of ether oxygens (including phenoxy) is 2. The van der Waals surface area contributed by atoms with E-state index in [1.165, 1.54) is 0 Å². The second-order valence-electron chi connectivity index (χ2n) is 5.55. The molecule has 0 saturated carbocycles. The molecule has 0 amide bonds. The molecule has 0 saturated heterocycles. The predicted molar refractivity (Wildman–Crippen MR) is 95.4 cm³/mol. The Balaban J connectivity index is 2.12. The van der Waals surface area contributed by atoms with Gasteiger partial charge in [0.2, 0.25) is 0 Å². The summed E-state index contributed by atoms with van der Waals surface area (Å²) in [6.45, 7) is 5.58. The van der Waals surface area contributed by atoms with Gasteiger partial charge in [0, 0.05) is 23.2 Å². The van der Waals surface area contributed by atoms with Gasteiger partial charge in [-0.3, -0.25) is 0 Å². The zero-order valence-electron chi connectivity index (χ0n) is 13.9. The lowest BCUT2D eigenvalue weighted by atomic mass is 10.1. The number of halogens is 1. The lowest BCUT2D eigenvalue weighted by Crippen LogP contribution is -2.24. The summed E-state index contributed by atoms with van der Waals surface area (Å²) in [4.78, 5) is 0. The normalized spacial score (nSPS) is 12.0. The molecule has 2 aromatic carbocycles. The van der Waals surface area contributed by atoms with Gasteiger partial charge < -0.3 is 14.8 Å².